The Labute approximate surface area is 163 Å². The van der Waals surface area contributed by atoms with Gasteiger partial charge in [0.05, 0.1) is 0 Å². The molecule has 28 heavy (non-hydrogen) atoms. The van der Waals surface area contributed by atoms with Crippen LogP contribution in [0.15, 0.2) is 72.8 Å². The first-order valence-corrected chi connectivity index (χ1v) is 8.71. The molecule has 0 saturated carbocycles. The standard InChI is InChI=1S/C22H21N5O/c23-20(24)16-7-3-5-14(11-16)13-27-22(28)19-10-2-1-9-18(19)15-6-4-8-17(12-15)21(25)26/h1-12H,13H2,(H3,23,24)(H3,25,26)(H,27,28). The predicted molar refractivity (Wildman–Crippen MR) is 112 cm³/mol. The topological polar surface area (TPSA) is 129 Å². The summed E-state index contributed by atoms with van der Waals surface area (Å²) in [5.41, 5.74) is 15.3. The number of amides is 1. The molecule has 0 unspecified atom stereocenters. The van der Waals surface area contributed by atoms with Crippen LogP contribution < -0.4 is 16.8 Å². The highest BCUT2D eigenvalue weighted by molar-refractivity contribution is 6.02. The van der Waals surface area contributed by atoms with Gasteiger partial charge in [0.15, 0.2) is 0 Å². The molecule has 0 heterocycles. The third kappa shape index (κ3) is 4.24. The number of hydrogen-bond donors (Lipinski definition) is 5. The van der Waals surface area contributed by atoms with Gasteiger partial charge in [0.1, 0.15) is 11.7 Å². The summed E-state index contributed by atoms with van der Waals surface area (Å²) in [7, 11) is 0. The maximum Gasteiger partial charge on any atom is 0.252 e. The Balaban J connectivity index is 1.84. The zero-order chi connectivity index (χ0) is 20.1. The van der Waals surface area contributed by atoms with Crippen molar-refractivity contribution < 1.29 is 4.79 Å². The molecule has 0 aliphatic rings. The Morgan fingerprint density at radius 3 is 2.18 bits per heavy atom. The van der Waals surface area contributed by atoms with E-state index in [2.05, 4.69) is 5.32 Å². The number of rotatable bonds is 6. The average Bonchev–Trinajstić information content (AvgIpc) is 2.72. The molecule has 0 aromatic heterocycles. The summed E-state index contributed by atoms with van der Waals surface area (Å²) in [5, 5.41) is 18.0. The predicted octanol–water partition coefficient (Wildman–Crippen LogP) is 2.85. The van der Waals surface area contributed by atoms with Crippen molar-refractivity contribution in [3.63, 3.8) is 0 Å². The Bertz CT molecular complexity index is 1060. The van der Waals surface area contributed by atoms with Gasteiger partial charge in [-0.05, 0) is 34.9 Å². The second kappa shape index (κ2) is 8.18. The van der Waals surface area contributed by atoms with Crippen LogP contribution in [-0.4, -0.2) is 17.6 Å². The molecule has 0 aliphatic carbocycles. The molecule has 0 spiro atoms. The fraction of sp³-hybridized carbons (Fsp3) is 0.0455. The van der Waals surface area contributed by atoms with Crippen molar-refractivity contribution in [3.8, 4) is 11.1 Å². The molecule has 3 aromatic rings. The number of benzene rings is 3. The lowest BCUT2D eigenvalue weighted by Gasteiger charge is -2.12. The van der Waals surface area contributed by atoms with Crippen molar-refractivity contribution in [2.24, 2.45) is 11.5 Å². The maximum atomic E-state index is 12.8. The van der Waals surface area contributed by atoms with E-state index < -0.39 is 0 Å². The van der Waals surface area contributed by atoms with Gasteiger partial charge >= 0.3 is 0 Å². The highest BCUT2D eigenvalue weighted by atomic mass is 16.1. The van der Waals surface area contributed by atoms with Crippen molar-refractivity contribution in [3.05, 3.63) is 95.1 Å². The monoisotopic (exact) mass is 371 g/mol. The van der Waals surface area contributed by atoms with Crippen LogP contribution in [0.4, 0.5) is 0 Å². The number of carbonyl (C=O) groups excluding carboxylic acids is 1. The summed E-state index contributed by atoms with van der Waals surface area (Å²) >= 11 is 0. The third-order valence-corrected chi connectivity index (χ3v) is 4.35. The number of amidine groups is 2. The Kier molecular flexibility index (Phi) is 5.50. The molecule has 0 radical (unpaired) electrons. The van der Waals surface area contributed by atoms with Crippen LogP contribution in [0, 0.1) is 10.8 Å². The normalized spacial score (nSPS) is 10.3. The largest absolute Gasteiger partial charge is 0.384 e. The zero-order valence-corrected chi connectivity index (χ0v) is 15.2. The first-order chi connectivity index (χ1) is 13.5. The van der Waals surface area contributed by atoms with E-state index >= 15 is 0 Å². The van der Waals surface area contributed by atoms with Gasteiger partial charge in [0, 0.05) is 23.2 Å². The molecule has 0 aliphatic heterocycles. The fourth-order valence-corrected chi connectivity index (χ4v) is 2.91. The number of carbonyl (C=O) groups is 1. The van der Waals surface area contributed by atoms with E-state index in [9.17, 15) is 4.79 Å². The van der Waals surface area contributed by atoms with E-state index in [1.165, 1.54) is 0 Å². The number of hydrogen-bond acceptors (Lipinski definition) is 3. The van der Waals surface area contributed by atoms with Gasteiger partial charge in [0.25, 0.3) is 5.91 Å². The van der Waals surface area contributed by atoms with Crippen LogP contribution in [0.25, 0.3) is 11.1 Å². The van der Waals surface area contributed by atoms with Gasteiger partial charge in [-0.2, -0.15) is 0 Å². The lowest BCUT2D eigenvalue weighted by molar-refractivity contribution is 0.0951. The highest BCUT2D eigenvalue weighted by Crippen LogP contribution is 2.24. The molecular weight excluding hydrogens is 350 g/mol. The van der Waals surface area contributed by atoms with Crippen LogP contribution in [-0.2, 0) is 6.54 Å². The van der Waals surface area contributed by atoms with Crippen LogP contribution in [0.5, 0.6) is 0 Å². The second-order valence-electron chi connectivity index (χ2n) is 6.34. The summed E-state index contributed by atoms with van der Waals surface area (Å²) in [6.07, 6.45) is 0. The lowest BCUT2D eigenvalue weighted by Crippen LogP contribution is -2.23. The van der Waals surface area contributed by atoms with Gasteiger partial charge in [0.2, 0.25) is 0 Å². The summed E-state index contributed by atoms with van der Waals surface area (Å²) in [4.78, 5) is 12.8. The van der Waals surface area contributed by atoms with E-state index in [1.807, 2.05) is 36.4 Å². The molecule has 0 fully saturated rings. The first-order valence-electron chi connectivity index (χ1n) is 8.71. The minimum atomic E-state index is -0.211. The summed E-state index contributed by atoms with van der Waals surface area (Å²) in [5.74, 6) is -0.241. The molecule has 7 N–H and O–H groups in total. The molecule has 1 amide bonds. The third-order valence-electron chi connectivity index (χ3n) is 4.35. The summed E-state index contributed by atoms with van der Waals surface area (Å²) in [6.45, 7) is 0.321. The highest BCUT2D eigenvalue weighted by Gasteiger charge is 2.13. The van der Waals surface area contributed by atoms with E-state index in [0.29, 0.717) is 23.2 Å². The molecule has 140 valence electrons. The van der Waals surface area contributed by atoms with Crippen molar-refractivity contribution in [1.82, 2.24) is 5.32 Å². The minimum absolute atomic E-state index is 0.0103. The van der Waals surface area contributed by atoms with Gasteiger partial charge in [-0.15, -0.1) is 0 Å². The molecule has 3 rings (SSSR count). The van der Waals surface area contributed by atoms with Gasteiger partial charge in [-0.3, -0.25) is 15.6 Å². The van der Waals surface area contributed by atoms with E-state index in [-0.39, 0.29) is 17.6 Å². The Morgan fingerprint density at radius 2 is 1.46 bits per heavy atom. The summed E-state index contributed by atoms with van der Waals surface area (Å²) < 4.78 is 0. The molecule has 0 atom stereocenters. The number of nitrogens with two attached hydrogens (primary N) is 2. The molecule has 3 aromatic carbocycles. The molecule has 0 saturated heterocycles. The van der Waals surface area contributed by atoms with Crippen molar-refractivity contribution >= 4 is 17.6 Å². The first kappa shape index (κ1) is 18.8. The van der Waals surface area contributed by atoms with Gasteiger partial charge in [-0.25, -0.2) is 0 Å². The van der Waals surface area contributed by atoms with E-state index in [4.69, 9.17) is 22.3 Å². The van der Waals surface area contributed by atoms with Crippen molar-refractivity contribution in [1.29, 1.82) is 10.8 Å². The quantitative estimate of drug-likeness (QED) is 0.337. The average molecular weight is 371 g/mol. The molecular formula is C22H21N5O. The van der Waals surface area contributed by atoms with Crippen molar-refractivity contribution in [2.45, 2.75) is 6.54 Å². The second-order valence-corrected chi connectivity index (χ2v) is 6.34. The van der Waals surface area contributed by atoms with Crippen molar-refractivity contribution in [2.75, 3.05) is 0 Å². The number of nitrogens with one attached hydrogen (secondary N) is 3. The molecule has 6 nitrogen and oxygen atoms in total. The van der Waals surface area contributed by atoms with Crippen LogP contribution in [0.2, 0.25) is 0 Å². The van der Waals surface area contributed by atoms with Crippen LogP contribution in [0.1, 0.15) is 27.0 Å². The Morgan fingerprint density at radius 1 is 0.821 bits per heavy atom. The van der Waals surface area contributed by atoms with Gasteiger partial charge in [-0.1, -0.05) is 54.6 Å². The zero-order valence-electron chi connectivity index (χ0n) is 15.2. The molecule has 6 heteroatoms. The SMILES string of the molecule is N=C(N)c1cccc(CNC(=O)c2ccccc2-c2cccc(C(=N)N)c2)c1. The van der Waals surface area contributed by atoms with Crippen LogP contribution in [0.3, 0.4) is 0 Å². The molecule has 0 bridgehead atoms. The van der Waals surface area contributed by atoms with Gasteiger partial charge < -0.3 is 16.8 Å². The maximum absolute atomic E-state index is 12.8. The fourth-order valence-electron chi connectivity index (χ4n) is 2.91. The number of nitrogen functional groups attached to an aromatic ring is 2. The smallest absolute Gasteiger partial charge is 0.252 e. The van der Waals surface area contributed by atoms with E-state index in [0.717, 1.165) is 16.7 Å². The lowest BCUT2D eigenvalue weighted by atomic mass is 9.97. The summed E-state index contributed by atoms with van der Waals surface area (Å²) in [6, 6.07) is 21.8. The minimum Gasteiger partial charge on any atom is -0.384 e. The van der Waals surface area contributed by atoms with E-state index in [1.54, 1.807) is 36.4 Å². The Hall–Kier alpha value is -3.93. The van der Waals surface area contributed by atoms with Crippen LogP contribution >= 0.6 is 0 Å².